The monoisotopic (exact) mass is 265 g/mol. The van der Waals surface area contributed by atoms with Crippen LogP contribution in [0.25, 0.3) is 0 Å². The SMILES string of the molecule is COC(=O)c1oc(C2CCCC2C)nc1C(C)(C)C. The predicted molar refractivity (Wildman–Crippen MR) is 72.3 cm³/mol. The summed E-state index contributed by atoms with van der Waals surface area (Å²) in [6.45, 7) is 8.30. The van der Waals surface area contributed by atoms with Crippen molar-refractivity contribution in [1.29, 1.82) is 0 Å². The summed E-state index contributed by atoms with van der Waals surface area (Å²) in [7, 11) is 1.37. The number of hydrogen-bond donors (Lipinski definition) is 0. The van der Waals surface area contributed by atoms with Crippen LogP contribution in [-0.2, 0) is 10.2 Å². The van der Waals surface area contributed by atoms with Crippen LogP contribution in [0.1, 0.15) is 75.0 Å². The largest absolute Gasteiger partial charge is 0.463 e. The van der Waals surface area contributed by atoms with Crippen molar-refractivity contribution < 1.29 is 13.9 Å². The quantitative estimate of drug-likeness (QED) is 0.766. The number of aromatic nitrogens is 1. The molecule has 2 rings (SSSR count). The van der Waals surface area contributed by atoms with Gasteiger partial charge in [-0.3, -0.25) is 0 Å². The van der Waals surface area contributed by atoms with E-state index in [9.17, 15) is 4.79 Å². The summed E-state index contributed by atoms with van der Waals surface area (Å²) in [6.07, 6.45) is 3.49. The zero-order chi connectivity index (χ0) is 14.2. The highest BCUT2D eigenvalue weighted by atomic mass is 16.5. The number of oxazole rings is 1. The smallest absolute Gasteiger partial charge is 0.376 e. The molecule has 0 amide bonds. The minimum atomic E-state index is -0.436. The molecule has 0 radical (unpaired) electrons. The molecule has 0 N–H and O–H groups in total. The molecular formula is C15H23NO3. The summed E-state index contributed by atoms with van der Waals surface area (Å²) in [5.41, 5.74) is 0.473. The van der Waals surface area contributed by atoms with E-state index >= 15 is 0 Å². The molecule has 0 aromatic carbocycles. The fourth-order valence-corrected chi connectivity index (χ4v) is 2.75. The van der Waals surface area contributed by atoms with Gasteiger partial charge < -0.3 is 9.15 Å². The number of carbonyl (C=O) groups excluding carboxylic acids is 1. The molecule has 1 fully saturated rings. The second-order valence-electron chi connectivity index (χ2n) is 6.49. The van der Waals surface area contributed by atoms with E-state index in [4.69, 9.17) is 9.15 Å². The topological polar surface area (TPSA) is 52.3 Å². The Bertz CT molecular complexity index is 470. The zero-order valence-corrected chi connectivity index (χ0v) is 12.4. The summed E-state index contributed by atoms with van der Waals surface area (Å²) < 4.78 is 10.6. The molecule has 0 aliphatic heterocycles. The highest BCUT2D eigenvalue weighted by molar-refractivity contribution is 5.87. The van der Waals surface area contributed by atoms with Crippen LogP contribution in [0.15, 0.2) is 4.42 Å². The third kappa shape index (κ3) is 2.67. The van der Waals surface area contributed by atoms with Crippen LogP contribution < -0.4 is 0 Å². The Morgan fingerprint density at radius 2 is 2.05 bits per heavy atom. The van der Waals surface area contributed by atoms with Crippen LogP contribution >= 0.6 is 0 Å². The van der Waals surface area contributed by atoms with Gasteiger partial charge in [0.2, 0.25) is 5.76 Å². The molecule has 0 bridgehead atoms. The van der Waals surface area contributed by atoms with Crippen LogP contribution in [0.4, 0.5) is 0 Å². The lowest BCUT2D eigenvalue weighted by Gasteiger charge is -2.15. The Morgan fingerprint density at radius 1 is 1.37 bits per heavy atom. The number of hydrogen-bond acceptors (Lipinski definition) is 4. The van der Waals surface area contributed by atoms with Crippen molar-refractivity contribution >= 4 is 5.97 Å². The third-order valence-corrected chi connectivity index (χ3v) is 3.90. The summed E-state index contributed by atoms with van der Waals surface area (Å²) in [5, 5.41) is 0. The molecule has 0 saturated heterocycles. The highest BCUT2D eigenvalue weighted by Crippen LogP contribution is 2.40. The molecule has 0 spiro atoms. The van der Waals surface area contributed by atoms with Gasteiger partial charge in [0.05, 0.1) is 12.8 Å². The summed E-state index contributed by atoms with van der Waals surface area (Å²) >= 11 is 0. The van der Waals surface area contributed by atoms with Crippen molar-refractivity contribution in [3.05, 3.63) is 17.3 Å². The Balaban J connectivity index is 2.42. The van der Waals surface area contributed by atoms with Crippen molar-refractivity contribution in [2.24, 2.45) is 5.92 Å². The molecule has 2 unspecified atom stereocenters. The number of nitrogens with zero attached hydrogens (tertiary/aromatic N) is 1. The molecule has 106 valence electrons. The second kappa shape index (κ2) is 4.99. The molecule has 1 aromatic rings. The van der Waals surface area contributed by atoms with E-state index in [-0.39, 0.29) is 11.2 Å². The van der Waals surface area contributed by atoms with Gasteiger partial charge in [-0.1, -0.05) is 34.1 Å². The number of rotatable bonds is 2. The Labute approximate surface area is 114 Å². The number of carbonyl (C=O) groups is 1. The zero-order valence-electron chi connectivity index (χ0n) is 12.4. The van der Waals surface area contributed by atoms with Crippen molar-refractivity contribution in [2.45, 2.75) is 58.3 Å². The molecule has 1 saturated carbocycles. The van der Waals surface area contributed by atoms with Gasteiger partial charge in [0.1, 0.15) is 0 Å². The van der Waals surface area contributed by atoms with E-state index in [1.54, 1.807) is 0 Å². The van der Waals surface area contributed by atoms with E-state index in [2.05, 4.69) is 11.9 Å². The third-order valence-electron chi connectivity index (χ3n) is 3.90. The molecule has 4 heteroatoms. The lowest BCUT2D eigenvalue weighted by Crippen LogP contribution is -2.17. The highest BCUT2D eigenvalue weighted by Gasteiger charge is 2.35. The van der Waals surface area contributed by atoms with E-state index in [0.29, 0.717) is 23.4 Å². The van der Waals surface area contributed by atoms with Crippen LogP contribution in [-0.4, -0.2) is 18.1 Å². The molecular weight excluding hydrogens is 242 g/mol. The van der Waals surface area contributed by atoms with Gasteiger partial charge in [0.25, 0.3) is 0 Å². The van der Waals surface area contributed by atoms with Gasteiger partial charge >= 0.3 is 5.97 Å². The molecule has 4 nitrogen and oxygen atoms in total. The summed E-state index contributed by atoms with van der Waals surface area (Å²) in [6, 6.07) is 0. The molecule has 1 aliphatic rings. The van der Waals surface area contributed by atoms with Crippen molar-refractivity contribution in [3.63, 3.8) is 0 Å². The average molecular weight is 265 g/mol. The fraction of sp³-hybridized carbons (Fsp3) is 0.733. The van der Waals surface area contributed by atoms with Crippen molar-refractivity contribution in [1.82, 2.24) is 4.98 Å². The van der Waals surface area contributed by atoms with Crippen molar-refractivity contribution in [2.75, 3.05) is 7.11 Å². The normalized spacial score (nSPS) is 23.6. The van der Waals surface area contributed by atoms with Gasteiger partial charge in [0, 0.05) is 11.3 Å². The summed E-state index contributed by atoms with van der Waals surface area (Å²) in [5.74, 6) is 1.44. The number of esters is 1. The van der Waals surface area contributed by atoms with Crippen LogP contribution in [0, 0.1) is 5.92 Å². The van der Waals surface area contributed by atoms with Crippen LogP contribution in [0.2, 0.25) is 0 Å². The fourth-order valence-electron chi connectivity index (χ4n) is 2.75. The lowest BCUT2D eigenvalue weighted by atomic mass is 9.91. The first-order chi connectivity index (χ1) is 8.84. The Hall–Kier alpha value is -1.32. The lowest BCUT2D eigenvalue weighted by molar-refractivity contribution is 0.0558. The Kier molecular flexibility index (Phi) is 3.70. The first kappa shape index (κ1) is 14.1. The average Bonchev–Trinajstić information content (AvgIpc) is 2.92. The van der Waals surface area contributed by atoms with E-state index in [1.807, 2.05) is 20.8 Å². The standard InChI is InChI=1S/C15H23NO3/c1-9-7-6-8-10(9)13-16-12(15(2,3)4)11(19-13)14(17)18-5/h9-10H,6-8H2,1-5H3. The first-order valence-corrected chi connectivity index (χ1v) is 6.94. The van der Waals surface area contributed by atoms with Gasteiger partial charge in [-0.15, -0.1) is 0 Å². The molecule has 1 heterocycles. The molecule has 19 heavy (non-hydrogen) atoms. The van der Waals surface area contributed by atoms with Gasteiger partial charge in [-0.05, 0) is 18.8 Å². The minimum absolute atomic E-state index is 0.229. The van der Waals surface area contributed by atoms with Crippen LogP contribution in [0.5, 0.6) is 0 Å². The molecule has 2 atom stereocenters. The number of methoxy groups -OCH3 is 1. The van der Waals surface area contributed by atoms with Gasteiger partial charge in [-0.25, -0.2) is 9.78 Å². The maximum Gasteiger partial charge on any atom is 0.376 e. The van der Waals surface area contributed by atoms with E-state index in [1.165, 1.54) is 20.0 Å². The maximum absolute atomic E-state index is 11.8. The second-order valence-corrected chi connectivity index (χ2v) is 6.49. The predicted octanol–water partition coefficient (Wildman–Crippen LogP) is 3.66. The summed E-state index contributed by atoms with van der Waals surface area (Å²) in [4.78, 5) is 16.5. The minimum Gasteiger partial charge on any atom is -0.463 e. The van der Waals surface area contributed by atoms with E-state index < -0.39 is 5.97 Å². The molecule has 1 aliphatic carbocycles. The maximum atomic E-state index is 11.8. The molecule has 1 aromatic heterocycles. The Morgan fingerprint density at radius 3 is 2.53 bits per heavy atom. The van der Waals surface area contributed by atoms with Gasteiger partial charge in [-0.2, -0.15) is 0 Å². The van der Waals surface area contributed by atoms with Crippen molar-refractivity contribution in [3.8, 4) is 0 Å². The van der Waals surface area contributed by atoms with Crippen LogP contribution in [0.3, 0.4) is 0 Å². The van der Waals surface area contributed by atoms with Gasteiger partial charge in [0.15, 0.2) is 5.89 Å². The first-order valence-electron chi connectivity index (χ1n) is 6.94. The number of ether oxygens (including phenoxy) is 1. The van der Waals surface area contributed by atoms with E-state index in [0.717, 1.165) is 6.42 Å².